The van der Waals surface area contributed by atoms with Crippen LogP contribution in [0.15, 0.2) is 78.9 Å². The second kappa shape index (κ2) is 7.65. The number of benzene rings is 3. The average molecular weight is 426 g/mol. The molecule has 32 heavy (non-hydrogen) atoms. The number of imidazole rings is 1. The van der Waals surface area contributed by atoms with Gasteiger partial charge in [-0.15, -0.1) is 0 Å². The summed E-state index contributed by atoms with van der Waals surface area (Å²) in [6, 6.07) is 22.9. The van der Waals surface area contributed by atoms with Gasteiger partial charge >= 0.3 is 0 Å². The topological polar surface area (TPSA) is 90.7 Å². The lowest BCUT2D eigenvalue weighted by atomic mass is 9.89. The van der Waals surface area contributed by atoms with E-state index >= 15 is 0 Å². The van der Waals surface area contributed by atoms with Crippen LogP contribution in [0.4, 0.5) is 5.69 Å². The van der Waals surface area contributed by atoms with E-state index in [1.807, 2.05) is 46.4 Å². The highest BCUT2D eigenvalue weighted by Gasteiger charge is 2.43. The molecule has 0 fully saturated rings. The summed E-state index contributed by atoms with van der Waals surface area (Å²) in [6.45, 7) is 2.21. The van der Waals surface area contributed by atoms with Gasteiger partial charge in [0.1, 0.15) is 12.2 Å². The Kier molecular flexibility index (Phi) is 4.79. The van der Waals surface area contributed by atoms with Gasteiger partial charge in [-0.1, -0.05) is 42.5 Å². The number of para-hydroxylation sites is 1. The average Bonchev–Trinajstić information content (AvgIpc) is 3.11. The number of nitrogens with zero attached hydrogens (tertiary/aromatic N) is 2. The number of carbonyl (C=O) groups excluding carboxylic acids is 2. The lowest BCUT2D eigenvalue weighted by molar-refractivity contribution is -0.991. The molecular formula is C25H20N3O4+. The second-order valence-electron chi connectivity index (χ2n) is 7.71. The summed E-state index contributed by atoms with van der Waals surface area (Å²) < 4.78 is 3.67. The normalized spacial score (nSPS) is 13.6. The summed E-state index contributed by atoms with van der Waals surface area (Å²) in [7, 11) is 0. The Hall–Kier alpha value is -3.91. The predicted octanol–water partition coefficient (Wildman–Crippen LogP) is 2.30. The Balaban J connectivity index is 1.72. The highest BCUT2D eigenvalue weighted by Crippen LogP contribution is 2.29. The van der Waals surface area contributed by atoms with Gasteiger partial charge in [-0.25, -0.2) is 9.77 Å². The van der Waals surface area contributed by atoms with Crippen molar-refractivity contribution >= 4 is 17.3 Å². The Morgan fingerprint density at radius 1 is 0.875 bits per heavy atom. The summed E-state index contributed by atoms with van der Waals surface area (Å²) in [5.74, 6) is 0.343. The zero-order valence-corrected chi connectivity index (χ0v) is 17.3. The standard InChI is InChI=1S/C25H20N3O4/c1-16-26(15-17-11-13-19(14-12-17)28(31)32)22-23(27(16)18-7-3-2-4-8-18)25(30)21-10-6-5-9-20(21)24(22)29/h2-14,28,31H,15H2,1H3/q+1. The third-order valence-corrected chi connectivity index (χ3v) is 5.83. The number of rotatable bonds is 4. The smallest absolute Gasteiger partial charge is 0.259 e. The molecule has 0 saturated carbocycles. The van der Waals surface area contributed by atoms with Crippen molar-refractivity contribution in [3.63, 3.8) is 0 Å². The number of fused-ring (bicyclic) bond motifs is 2. The fourth-order valence-corrected chi connectivity index (χ4v) is 4.27. The van der Waals surface area contributed by atoms with Crippen molar-refractivity contribution in [3.8, 4) is 5.69 Å². The summed E-state index contributed by atoms with van der Waals surface area (Å²) in [5, 5.41) is 19.3. The molecule has 0 spiro atoms. The lowest BCUT2D eigenvalue weighted by Crippen LogP contribution is -2.99. The molecule has 1 aromatic heterocycles. The van der Waals surface area contributed by atoms with E-state index in [4.69, 9.17) is 5.21 Å². The first-order valence-electron chi connectivity index (χ1n) is 10.2. The number of hydrogen-bond acceptors (Lipinski definition) is 4. The van der Waals surface area contributed by atoms with Crippen molar-refractivity contribution in [2.45, 2.75) is 13.5 Å². The van der Waals surface area contributed by atoms with Crippen LogP contribution >= 0.6 is 0 Å². The molecule has 0 amide bonds. The van der Waals surface area contributed by atoms with Gasteiger partial charge in [0, 0.05) is 30.2 Å². The summed E-state index contributed by atoms with van der Waals surface area (Å²) >= 11 is 0. The first-order valence-corrected chi connectivity index (χ1v) is 10.2. The number of nitrogens with one attached hydrogen (secondary N) is 1. The Bertz CT molecular complexity index is 1360. The van der Waals surface area contributed by atoms with Crippen LogP contribution in [0.2, 0.25) is 0 Å². The lowest BCUT2D eigenvalue weighted by Gasteiger charge is -2.13. The van der Waals surface area contributed by atoms with Gasteiger partial charge in [0.25, 0.3) is 5.82 Å². The van der Waals surface area contributed by atoms with Crippen LogP contribution in [0.25, 0.3) is 5.69 Å². The molecule has 5 rings (SSSR count). The Morgan fingerprint density at radius 2 is 1.47 bits per heavy atom. The van der Waals surface area contributed by atoms with Crippen molar-refractivity contribution in [1.29, 1.82) is 0 Å². The van der Waals surface area contributed by atoms with Gasteiger partial charge < -0.3 is 5.21 Å². The van der Waals surface area contributed by atoms with Gasteiger partial charge in [0.2, 0.25) is 23.0 Å². The summed E-state index contributed by atoms with van der Waals surface area (Å²) in [6.07, 6.45) is 0. The second-order valence-corrected chi connectivity index (χ2v) is 7.71. The molecule has 158 valence electrons. The van der Waals surface area contributed by atoms with E-state index in [-0.39, 0.29) is 17.3 Å². The van der Waals surface area contributed by atoms with E-state index in [2.05, 4.69) is 0 Å². The molecule has 1 aliphatic carbocycles. The zero-order chi connectivity index (χ0) is 22.4. The highest BCUT2D eigenvalue weighted by molar-refractivity contribution is 6.26. The van der Waals surface area contributed by atoms with Gasteiger partial charge in [-0.2, -0.15) is 9.79 Å². The largest absolute Gasteiger partial charge is 0.595 e. The molecule has 1 atom stereocenters. The van der Waals surface area contributed by atoms with Crippen LogP contribution in [-0.4, -0.2) is 21.3 Å². The number of carbonyl (C=O) groups is 2. The quantitative estimate of drug-likeness (QED) is 0.341. The number of aromatic nitrogens is 2. The minimum atomic E-state index is -0.995. The number of ketones is 2. The van der Waals surface area contributed by atoms with Crippen LogP contribution in [0.1, 0.15) is 43.5 Å². The fraction of sp³-hybridized carbons (Fsp3) is 0.0800. The monoisotopic (exact) mass is 426 g/mol. The minimum Gasteiger partial charge on any atom is -0.595 e. The molecule has 2 N–H and O–H groups in total. The van der Waals surface area contributed by atoms with Crippen molar-refractivity contribution in [1.82, 2.24) is 4.57 Å². The molecule has 1 unspecified atom stereocenters. The van der Waals surface area contributed by atoms with Gasteiger partial charge in [-0.3, -0.25) is 9.59 Å². The van der Waals surface area contributed by atoms with Gasteiger partial charge in [-0.05, 0) is 29.8 Å². The first kappa shape index (κ1) is 20.0. The maximum atomic E-state index is 13.5. The highest BCUT2D eigenvalue weighted by atomic mass is 16.8. The van der Waals surface area contributed by atoms with Gasteiger partial charge in [0.15, 0.2) is 5.69 Å². The molecule has 0 saturated heterocycles. The molecule has 7 nitrogen and oxygen atoms in total. The van der Waals surface area contributed by atoms with E-state index in [0.29, 0.717) is 29.1 Å². The Labute approximate surface area is 183 Å². The van der Waals surface area contributed by atoms with Crippen molar-refractivity contribution in [3.05, 3.63) is 118 Å². The molecule has 1 heterocycles. The van der Waals surface area contributed by atoms with Crippen LogP contribution < -0.4 is 9.79 Å². The molecule has 4 aromatic rings. The van der Waals surface area contributed by atoms with Crippen LogP contribution in [0.5, 0.6) is 0 Å². The van der Waals surface area contributed by atoms with E-state index in [1.165, 1.54) is 12.1 Å². The number of quaternary nitrogens is 1. The minimum absolute atomic E-state index is 0.192. The third kappa shape index (κ3) is 3.07. The molecule has 0 aliphatic heterocycles. The van der Waals surface area contributed by atoms with Crippen LogP contribution in [0.3, 0.4) is 0 Å². The fourth-order valence-electron chi connectivity index (χ4n) is 4.27. The molecule has 1 aliphatic rings. The third-order valence-electron chi connectivity index (χ3n) is 5.83. The predicted molar refractivity (Wildman–Crippen MR) is 115 cm³/mol. The number of hydrogen-bond donors (Lipinski definition) is 2. The summed E-state index contributed by atoms with van der Waals surface area (Å²) in [5.41, 5.74) is 3.30. The van der Waals surface area contributed by atoms with E-state index < -0.39 is 5.23 Å². The van der Waals surface area contributed by atoms with Crippen molar-refractivity contribution in [2.24, 2.45) is 0 Å². The Morgan fingerprint density at radius 3 is 2.09 bits per heavy atom. The molecular weight excluding hydrogens is 406 g/mol. The molecule has 3 aromatic carbocycles. The van der Waals surface area contributed by atoms with Crippen LogP contribution in [0, 0.1) is 12.1 Å². The van der Waals surface area contributed by atoms with Gasteiger partial charge in [0.05, 0.1) is 0 Å². The van der Waals surface area contributed by atoms with E-state index in [0.717, 1.165) is 17.1 Å². The van der Waals surface area contributed by atoms with E-state index in [1.54, 1.807) is 36.4 Å². The van der Waals surface area contributed by atoms with Crippen LogP contribution in [-0.2, 0) is 6.54 Å². The molecule has 7 heteroatoms. The molecule has 0 bridgehead atoms. The zero-order valence-electron chi connectivity index (χ0n) is 17.3. The maximum absolute atomic E-state index is 13.5. The summed E-state index contributed by atoms with van der Waals surface area (Å²) in [4.78, 5) is 27.1. The first-order chi connectivity index (χ1) is 15.5. The van der Waals surface area contributed by atoms with E-state index in [9.17, 15) is 14.8 Å². The van der Waals surface area contributed by atoms with Crippen molar-refractivity contribution in [2.75, 3.05) is 0 Å². The van der Waals surface area contributed by atoms with Crippen molar-refractivity contribution < 1.29 is 24.6 Å². The SMILES string of the molecule is Cc1n(-c2ccccc2)c2c([n+]1Cc1ccc([NH+]([O-])O)cc1)C(=O)c1ccccc1C2=O. The maximum Gasteiger partial charge on any atom is 0.259 e. The molecule has 0 radical (unpaired) electrons.